The van der Waals surface area contributed by atoms with Crippen molar-refractivity contribution in [1.29, 1.82) is 0 Å². The van der Waals surface area contributed by atoms with Gasteiger partial charge >= 0.3 is 0 Å². The van der Waals surface area contributed by atoms with Gasteiger partial charge in [0, 0.05) is 5.90 Å². The Balaban J connectivity index is 2.18. The van der Waals surface area contributed by atoms with Crippen molar-refractivity contribution in [3.05, 3.63) is 0 Å². The molecule has 9 heavy (non-hydrogen) atoms. The van der Waals surface area contributed by atoms with Crippen molar-refractivity contribution in [2.24, 2.45) is 0 Å². The van der Waals surface area contributed by atoms with Gasteiger partial charge in [-0.2, -0.15) is 0 Å². The Hall–Kier alpha value is -0.0800. The Morgan fingerprint density at radius 3 is 2.00 bits per heavy atom. The van der Waals surface area contributed by atoms with Gasteiger partial charge in [0.15, 0.2) is 0 Å². The lowest BCUT2D eigenvalue weighted by molar-refractivity contribution is 0.0276. The summed E-state index contributed by atoms with van der Waals surface area (Å²) in [6.07, 6.45) is 7.25. The maximum Gasteiger partial charge on any atom is 0.0828 e. The molecule has 0 aliphatic heterocycles. The highest BCUT2D eigenvalue weighted by atomic mass is 16.6. The first kappa shape index (κ1) is 7.03. The monoisotopic (exact) mass is 127 g/mol. The van der Waals surface area contributed by atoms with E-state index in [4.69, 9.17) is 5.90 Å². The second-order valence-electron chi connectivity index (χ2n) is 2.72. The highest BCUT2D eigenvalue weighted by molar-refractivity contribution is 4.62. The molecule has 2 heteroatoms. The lowest BCUT2D eigenvalue weighted by atomic mass is 10.2. The molecule has 1 aliphatic rings. The van der Waals surface area contributed by atoms with Crippen molar-refractivity contribution in [1.82, 2.24) is 5.90 Å². The molecule has 0 aromatic carbocycles. The first-order valence-electron chi connectivity index (χ1n) is 3.73. The van der Waals surface area contributed by atoms with Crippen LogP contribution in [0, 0.1) is 0 Å². The average Bonchev–Trinajstić information content (AvgIpc) is 2.13. The minimum absolute atomic E-state index is 0.132. The van der Waals surface area contributed by atoms with Gasteiger partial charge in [0.05, 0.1) is 6.10 Å². The van der Waals surface area contributed by atoms with Crippen molar-refractivity contribution in [2.75, 3.05) is 0 Å². The number of rotatable bonds is 1. The third-order valence-corrected chi connectivity index (χ3v) is 1.95. The summed E-state index contributed by atoms with van der Waals surface area (Å²) >= 11 is 0. The Labute approximate surface area is 56.3 Å². The summed E-state index contributed by atoms with van der Waals surface area (Å²) in [7, 11) is 0. The molecular weight excluding hydrogens is 114 g/mol. The van der Waals surface area contributed by atoms with Crippen LogP contribution in [0.4, 0.5) is 0 Å². The standard InChI is InChI=1S/C7H13NO/c8-9-7-5-3-1-2-4-6-7/h7H,1-6H2. The minimum Gasteiger partial charge on any atom is -0.260 e. The van der Waals surface area contributed by atoms with E-state index in [0.29, 0.717) is 0 Å². The zero-order valence-electron chi connectivity index (χ0n) is 5.68. The van der Waals surface area contributed by atoms with Gasteiger partial charge in [0.25, 0.3) is 0 Å². The van der Waals surface area contributed by atoms with Gasteiger partial charge < -0.3 is 0 Å². The zero-order chi connectivity index (χ0) is 6.53. The zero-order valence-corrected chi connectivity index (χ0v) is 5.68. The van der Waals surface area contributed by atoms with E-state index in [0.717, 1.165) is 12.8 Å². The van der Waals surface area contributed by atoms with E-state index in [-0.39, 0.29) is 6.10 Å². The van der Waals surface area contributed by atoms with Gasteiger partial charge in [0.2, 0.25) is 0 Å². The molecule has 1 aliphatic carbocycles. The van der Waals surface area contributed by atoms with Crippen molar-refractivity contribution in [2.45, 2.75) is 44.6 Å². The molecule has 1 rings (SSSR count). The molecule has 0 aromatic heterocycles. The van der Waals surface area contributed by atoms with E-state index in [1.165, 1.54) is 25.7 Å². The summed E-state index contributed by atoms with van der Waals surface area (Å²) in [5.41, 5.74) is 0. The molecule has 0 amide bonds. The fourth-order valence-electron chi connectivity index (χ4n) is 1.35. The molecule has 1 saturated carbocycles. The maximum atomic E-state index is 8.32. The summed E-state index contributed by atoms with van der Waals surface area (Å²) in [4.78, 5) is 4.27. The highest BCUT2D eigenvalue weighted by Gasteiger charge is 2.11. The largest absolute Gasteiger partial charge is 0.260 e. The average molecular weight is 127 g/mol. The molecule has 0 N–H and O–H groups in total. The van der Waals surface area contributed by atoms with Crippen molar-refractivity contribution < 1.29 is 4.84 Å². The van der Waals surface area contributed by atoms with Crippen LogP contribution in [0.25, 0.3) is 0 Å². The van der Waals surface area contributed by atoms with Crippen LogP contribution in [-0.2, 0) is 4.84 Å². The van der Waals surface area contributed by atoms with Crippen LogP contribution >= 0.6 is 0 Å². The van der Waals surface area contributed by atoms with Crippen LogP contribution in [0.15, 0.2) is 0 Å². The van der Waals surface area contributed by atoms with Crippen LogP contribution < -0.4 is 5.90 Å². The summed E-state index contributed by atoms with van der Waals surface area (Å²) in [5, 5.41) is 0. The molecule has 0 aromatic rings. The molecule has 0 saturated heterocycles. The van der Waals surface area contributed by atoms with Gasteiger partial charge in [-0.3, -0.25) is 4.84 Å². The lowest BCUT2D eigenvalue weighted by Gasteiger charge is -2.06. The van der Waals surface area contributed by atoms with Crippen LogP contribution in [-0.4, -0.2) is 6.10 Å². The molecule has 2 nitrogen and oxygen atoms in total. The Kier molecular flexibility index (Phi) is 3.01. The number of hydrogen-bond donors (Lipinski definition) is 0. The van der Waals surface area contributed by atoms with E-state index >= 15 is 0 Å². The van der Waals surface area contributed by atoms with Gasteiger partial charge in [0.1, 0.15) is 0 Å². The molecule has 0 atom stereocenters. The fourth-order valence-corrected chi connectivity index (χ4v) is 1.35. The second kappa shape index (κ2) is 3.85. The van der Waals surface area contributed by atoms with Gasteiger partial charge in [-0.05, 0) is 12.8 Å². The van der Waals surface area contributed by atoms with Crippen LogP contribution in [0.1, 0.15) is 38.5 Å². The molecule has 0 heterocycles. The first-order chi connectivity index (χ1) is 4.43. The smallest absolute Gasteiger partial charge is 0.0828 e. The van der Waals surface area contributed by atoms with E-state index < -0.39 is 0 Å². The van der Waals surface area contributed by atoms with E-state index in [9.17, 15) is 0 Å². The molecule has 2 radical (unpaired) electrons. The molecule has 0 bridgehead atoms. The topological polar surface area (TPSA) is 31.5 Å². The van der Waals surface area contributed by atoms with Crippen molar-refractivity contribution >= 4 is 0 Å². The summed E-state index contributed by atoms with van der Waals surface area (Å²) in [6.45, 7) is 0. The predicted molar refractivity (Wildman–Crippen MR) is 34.7 cm³/mol. The van der Waals surface area contributed by atoms with E-state index in [1.54, 1.807) is 0 Å². The van der Waals surface area contributed by atoms with Gasteiger partial charge in [-0.1, -0.05) is 25.7 Å². The predicted octanol–water partition coefficient (Wildman–Crippen LogP) is 1.71. The lowest BCUT2D eigenvalue weighted by Crippen LogP contribution is -2.09. The van der Waals surface area contributed by atoms with Gasteiger partial charge in [-0.15, -0.1) is 0 Å². The Morgan fingerprint density at radius 2 is 1.56 bits per heavy atom. The molecule has 0 unspecified atom stereocenters. The highest BCUT2D eigenvalue weighted by Crippen LogP contribution is 2.18. The molecule has 1 fully saturated rings. The van der Waals surface area contributed by atoms with Crippen LogP contribution in [0.5, 0.6) is 0 Å². The van der Waals surface area contributed by atoms with E-state index in [1.807, 2.05) is 0 Å². The maximum absolute atomic E-state index is 8.32. The van der Waals surface area contributed by atoms with Crippen LogP contribution in [0.3, 0.4) is 0 Å². The fraction of sp³-hybridized carbons (Fsp3) is 1.00. The molecular formula is C7H13NO. The number of nitrogens with zero attached hydrogens (tertiary/aromatic N) is 1. The number of hydrogen-bond acceptors (Lipinski definition) is 1. The SMILES string of the molecule is [N]OC1CCCCCC1. The van der Waals surface area contributed by atoms with Crippen molar-refractivity contribution in [3.63, 3.8) is 0 Å². The minimum atomic E-state index is 0.132. The van der Waals surface area contributed by atoms with Gasteiger partial charge in [-0.25, -0.2) is 0 Å². The molecule has 52 valence electrons. The normalized spacial score (nSPS) is 23.7. The third-order valence-electron chi connectivity index (χ3n) is 1.95. The summed E-state index contributed by atoms with van der Waals surface area (Å²) < 4.78 is 0. The van der Waals surface area contributed by atoms with Crippen molar-refractivity contribution in [3.8, 4) is 0 Å². The Bertz CT molecular complexity index is 67.3. The Morgan fingerprint density at radius 1 is 1.00 bits per heavy atom. The quantitative estimate of drug-likeness (QED) is 0.389. The summed E-state index contributed by atoms with van der Waals surface area (Å²) in [5.74, 6) is 8.32. The third kappa shape index (κ3) is 2.33. The summed E-state index contributed by atoms with van der Waals surface area (Å²) in [6, 6.07) is 0. The molecule has 0 spiro atoms. The second-order valence-corrected chi connectivity index (χ2v) is 2.72. The van der Waals surface area contributed by atoms with Crippen LogP contribution in [0.2, 0.25) is 0 Å². The van der Waals surface area contributed by atoms with E-state index in [2.05, 4.69) is 4.84 Å². The first-order valence-corrected chi connectivity index (χ1v) is 3.73.